The summed E-state index contributed by atoms with van der Waals surface area (Å²) in [5, 5.41) is 0. The SMILES string of the molecule is CCC(OC(=O)C=CC(=O)OC)C(=O)Oc1ccc(C=O)cc1OC. The fraction of sp³-hybridized carbons (Fsp3) is 0.294. The standard InChI is InChI=1S/C17H18O8/c1-4-12(24-16(20)8-7-15(19)23-3)17(21)25-13-6-5-11(10-18)9-14(13)22-2/h5-10,12H,4H2,1-3H3. The number of carbonyl (C=O) groups excluding carboxylic acids is 4. The Labute approximate surface area is 144 Å². The van der Waals surface area contributed by atoms with Gasteiger partial charge in [0, 0.05) is 17.7 Å². The molecule has 0 amide bonds. The van der Waals surface area contributed by atoms with Gasteiger partial charge >= 0.3 is 17.9 Å². The molecule has 8 heteroatoms. The normalized spacial score (nSPS) is 11.5. The van der Waals surface area contributed by atoms with E-state index >= 15 is 0 Å². The van der Waals surface area contributed by atoms with Crippen LogP contribution in [0.15, 0.2) is 30.4 Å². The van der Waals surface area contributed by atoms with Gasteiger partial charge in [0.05, 0.1) is 14.2 Å². The van der Waals surface area contributed by atoms with Crippen LogP contribution in [0.2, 0.25) is 0 Å². The van der Waals surface area contributed by atoms with E-state index in [1.54, 1.807) is 6.92 Å². The third kappa shape index (κ3) is 6.09. The molecule has 0 aliphatic carbocycles. The van der Waals surface area contributed by atoms with Crippen LogP contribution in [-0.4, -0.2) is 44.5 Å². The van der Waals surface area contributed by atoms with Crippen molar-refractivity contribution in [1.82, 2.24) is 0 Å². The van der Waals surface area contributed by atoms with Gasteiger partial charge < -0.3 is 18.9 Å². The molecule has 0 aliphatic rings. The average molecular weight is 350 g/mol. The monoisotopic (exact) mass is 350 g/mol. The van der Waals surface area contributed by atoms with Crippen molar-refractivity contribution in [3.05, 3.63) is 35.9 Å². The molecular formula is C17H18O8. The lowest BCUT2D eigenvalue weighted by Gasteiger charge is -2.15. The Morgan fingerprint density at radius 1 is 1.08 bits per heavy atom. The molecule has 1 rings (SSSR count). The van der Waals surface area contributed by atoms with E-state index in [0.29, 0.717) is 11.8 Å². The number of benzene rings is 1. The molecule has 8 nitrogen and oxygen atoms in total. The minimum atomic E-state index is -1.18. The van der Waals surface area contributed by atoms with Crippen LogP contribution >= 0.6 is 0 Å². The van der Waals surface area contributed by atoms with E-state index in [9.17, 15) is 19.2 Å². The number of esters is 3. The van der Waals surface area contributed by atoms with E-state index in [1.165, 1.54) is 25.3 Å². The second kappa shape index (κ2) is 9.86. The zero-order valence-corrected chi connectivity index (χ0v) is 14.0. The summed E-state index contributed by atoms with van der Waals surface area (Å²) < 4.78 is 19.5. The van der Waals surface area contributed by atoms with Crippen LogP contribution in [0.25, 0.3) is 0 Å². The molecule has 0 spiro atoms. The summed E-state index contributed by atoms with van der Waals surface area (Å²) >= 11 is 0. The van der Waals surface area contributed by atoms with Gasteiger partial charge in [0.2, 0.25) is 0 Å². The molecule has 134 valence electrons. The van der Waals surface area contributed by atoms with E-state index in [2.05, 4.69) is 4.74 Å². The molecule has 1 aromatic rings. The van der Waals surface area contributed by atoms with Crippen LogP contribution in [0.4, 0.5) is 0 Å². The van der Waals surface area contributed by atoms with Crippen LogP contribution in [0.5, 0.6) is 11.5 Å². The summed E-state index contributed by atoms with van der Waals surface area (Å²) in [5.41, 5.74) is 0.350. The molecule has 1 aromatic carbocycles. The maximum absolute atomic E-state index is 12.2. The summed E-state index contributed by atoms with van der Waals surface area (Å²) in [7, 11) is 2.52. The molecule has 0 heterocycles. The van der Waals surface area contributed by atoms with E-state index < -0.39 is 24.0 Å². The number of ether oxygens (including phenoxy) is 4. The number of rotatable bonds is 8. The van der Waals surface area contributed by atoms with E-state index in [0.717, 1.165) is 19.3 Å². The number of hydrogen-bond acceptors (Lipinski definition) is 8. The molecule has 0 saturated heterocycles. The van der Waals surface area contributed by atoms with Gasteiger partial charge in [-0.05, 0) is 24.6 Å². The summed E-state index contributed by atoms with van der Waals surface area (Å²) in [4.78, 5) is 45.4. The Bertz CT molecular complexity index is 677. The topological polar surface area (TPSA) is 105 Å². The second-order valence-corrected chi connectivity index (χ2v) is 4.64. The summed E-state index contributed by atoms with van der Waals surface area (Å²) in [5.74, 6) is -2.17. The minimum absolute atomic E-state index is 0.0812. The number of methoxy groups -OCH3 is 2. The predicted octanol–water partition coefficient (Wildman–Crippen LogP) is 1.46. The molecule has 0 radical (unpaired) electrons. The van der Waals surface area contributed by atoms with Gasteiger partial charge in [-0.3, -0.25) is 4.79 Å². The highest BCUT2D eigenvalue weighted by Crippen LogP contribution is 2.28. The Kier molecular flexibility index (Phi) is 7.85. The van der Waals surface area contributed by atoms with Gasteiger partial charge in [0.15, 0.2) is 17.6 Å². The maximum Gasteiger partial charge on any atom is 0.352 e. The van der Waals surface area contributed by atoms with Crippen LogP contribution in [0.1, 0.15) is 23.7 Å². The van der Waals surface area contributed by atoms with Gasteiger partial charge in [0.25, 0.3) is 0 Å². The first-order valence-electron chi connectivity index (χ1n) is 7.26. The van der Waals surface area contributed by atoms with E-state index in [4.69, 9.17) is 14.2 Å². The molecule has 0 aliphatic heterocycles. The van der Waals surface area contributed by atoms with Gasteiger partial charge in [-0.1, -0.05) is 6.92 Å². The first kappa shape index (κ1) is 19.9. The van der Waals surface area contributed by atoms with E-state index in [1.807, 2.05) is 0 Å². The fourth-order valence-electron chi connectivity index (χ4n) is 1.70. The highest BCUT2D eigenvalue weighted by Gasteiger charge is 2.24. The highest BCUT2D eigenvalue weighted by molar-refractivity contribution is 5.92. The van der Waals surface area contributed by atoms with Crippen molar-refractivity contribution in [3.63, 3.8) is 0 Å². The molecule has 1 unspecified atom stereocenters. The lowest BCUT2D eigenvalue weighted by Crippen LogP contribution is -2.30. The van der Waals surface area contributed by atoms with Gasteiger partial charge in [-0.25, -0.2) is 14.4 Å². The lowest BCUT2D eigenvalue weighted by molar-refractivity contribution is -0.159. The molecular weight excluding hydrogens is 332 g/mol. The number of aldehydes is 1. The fourth-order valence-corrected chi connectivity index (χ4v) is 1.70. The zero-order chi connectivity index (χ0) is 18.8. The van der Waals surface area contributed by atoms with Crippen LogP contribution in [0, 0.1) is 0 Å². The van der Waals surface area contributed by atoms with Crippen molar-refractivity contribution >= 4 is 24.2 Å². The Balaban J connectivity index is 2.79. The second-order valence-electron chi connectivity index (χ2n) is 4.64. The van der Waals surface area contributed by atoms with Gasteiger partial charge in [-0.2, -0.15) is 0 Å². The molecule has 0 aromatic heterocycles. The maximum atomic E-state index is 12.2. The largest absolute Gasteiger partial charge is 0.493 e. The van der Waals surface area contributed by atoms with Crippen molar-refractivity contribution in [3.8, 4) is 11.5 Å². The number of carbonyl (C=O) groups is 4. The summed E-state index contributed by atoms with van der Waals surface area (Å²) in [6.07, 6.45) is 1.33. The first-order valence-corrected chi connectivity index (χ1v) is 7.26. The van der Waals surface area contributed by atoms with Crippen LogP contribution in [-0.2, 0) is 23.9 Å². The van der Waals surface area contributed by atoms with Crippen molar-refractivity contribution in [2.24, 2.45) is 0 Å². The Morgan fingerprint density at radius 2 is 1.76 bits per heavy atom. The molecule has 25 heavy (non-hydrogen) atoms. The van der Waals surface area contributed by atoms with E-state index in [-0.39, 0.29) is 17.9 Å². The lowest BCUT2D eigenvalue weighted by atomic mass is 10.2. The Hall–Kier alpha value is -3.16. The zero-order valence-electron chi connectivity index (χ0n) is 14.0. The molecule has 0 bridgehead atoms. The van der Waals surface area contributed by atoms with Crippen molar-refractivity contribution in [2.75, 3.05) is 14.2 Å². The molecule has 0 N–H and O–H groups in total. The van der Waals surface area contributed by atoms with Gasteiger partial charge in [0.1, 0.15) is 6.29 Å². The third-order valence-corrected chi connectivity index (χ3v) is 2.98. The molecule has 0 saturated carbocycles. The van der Waals surface area contributed by atoms with Crippen LogP contribution in [0.3, 0.4) is 0 Å². The smallest absolute Gasteiger partial charge is 0.352 e. The van der Waals surface area contributed by atoms with Crippen molar-refractivity contribution < 1.29 is 38.1 Å². The Morgan fingerprint density at radius 3 is 2.32 bits per heavy atom. The third-order valence-electron chi connectivity index (χ3n) is 2.98. The highest BCUT2D eigenvalue weighted by atomic mass is 16.6. The number of hydrogen-bond donors (Lipinski definition) is 0. The van der Waals surface area contributed by atoms with Crippen molar-refractivity contribution in [2.45, 2.75) is 19.4 Å². The predicted molar refractivity (Wildman–Crippen MR) is 85.3 cm³/mol. The van der Waals surface area contributed by atoms with Crippen molar-refractivity contribution in [1.29, 1.82) is 0 Å². The minimum Gasteiger partial charge on any atom is -0.493 e. The summed E-state index contributed by atoms with van der Waals surface area (Å²) in [6.45, 7) is 1.62. The quantitative estimate of drug-likeness (QED) is 0.300. The molecule has 1 atom stereocenters. The van der Waals surface area contributed by atoms with Gasteiger partial charge in [-0.15, -0.1) is 0 Å². The first-order chi connectivity index (χ1) is 11.9. The summed E-state index contributed by atoms with van der Waals surface area (Å²) in [6, 6.07) is 4.25. The van der Waals surface area contributed by atoms with Crippen LogP contribution < -0.4 is 9.47 Å². The average Bonchev–Trinajstić information content (AvgIpc) is 2.64. The molecule has 0 fully saturated rings.